The van der Waals surface area contributed by atoms with Crippen molar-refractivity contribution >= 4 is 0 Å². The SMILES string of the molecule is CCCCCCCC(C)(C)Oc1ccc(-c2ccccc2)cc1. The number of benzene rings is 2. The third-order valence-electron chi connectivity index (χ3n) is 4.24. The first-order valence-corrected chi connectivity index (χ1v) is 8.95. The average molecular weight is 310 g/mol. The molecule has 0 aliphatic heterocycles. The first-order chi connectivity index (χ1) is 11.1. The smallest absolute Gasteiger partial charge is 0.120 e. The zero-order valence-corrected chi connectivity index (χ0v) is 14.8. The molecule has 0 saturated carbocycles. The fourth-order valence-corrected chi connectivity index (χ4v) is 2.87. The Bertz CT molecular complexity index is 554. The monoisotopic (exact) mass is 310 g/mol. The predicted octanol–water partition coefficient (Wildman–Crippen LogP) is 6.87. The van der Waals surface area contributed by atoms with E-state index in [1.54, 1.807) is 0 Å². The topological polar surface area (TPSA) is 9.23 Å². The molecule has 0 N–H and O–H groups in total. The summed E-state index contributed by atoms with van der Waals surface area (Å²) in [6.45, 7) is 6.64. The highest BCUT2D eigenvalue weighted by Crippen LogP contribution is 2.26. The lowest BCUT2D eigenvalue weighted by Crippen LogP contribution is -2.27. The molecule has 0 radical (unpaired) electrons. The van der Waals surface area contributed by atoms with Gasteiger partial charge in [0.05, 0.1) is 0 Å². The van der Waals surface area contributed by atoms with E-state index in [2.05, 4.69) is 69.3 Å². The van der Waals surface area contributed by atoms with Crippen molar-refractivity contribution in [2.45, 2.75) is 64.9 Å². The Balaban J connectivity index is 1.87. The van der Waals surface area contributed by atoms with Crippen molar-refractivity contribution in [1.29, 1.82) is 0 Å². The average Bonchev–Trinajstić information content (AvgIpc) is 2.56. The van der Waals surface area contributed by atoms with E-state index < -0.39 is 0 Å². The van der Waals surface area contributed by atoms with Crippen LogP contribution in [0.3, 0.4) is 0 Å². The zero-order chi connectivity index (χ0) is 16.5. The highest BCUT2D eigenvalue weighted by atomic mass is 16.5. The predicted molar refractivity (Wildman–Crippen MR) is 100.0 cm³/mol. The maximum Gasteiger partial charge on any atom is 0.120 e. The second kappa shape index (κ2) is 8.76. The van der Waals surface area contributed by atoms with Crippen LogP contribution in [0.1, 0.15) is 59.3 Å². The van der Waals surface area contributed by atoms with Crippen molar-refractivity contribution < 1.29 is 4.74 Å². The quantitative estimate of drug-likeness (QED) is 0.459. The Morgan fingerprint density at radius 2 is 1.35 bits per heavy atom. The molecule has 0 spiro atoms. The van der Waals surface area contributed by atoms with Crippen LogP contribution in [0.25, 0.3) is 11.1 Å². The molecule has 2 aromatic carbocycles. The summed E-state index contributed by atoms with van der Waals surface area (Å²) in [7, 11) is 0. The van der Waals surface area contributed by atoms with E-state index in [0.29, 0.717) is 0 Å². The van der Waals surface area contributed by atoms with Gasteiger partial charge < -0.3 is 4.74 Å². The Hall–Kier alpha value is -1.76. The third-order valence-corrected chi connectivity index (χ3v) is 4.24. The van der Waals surface area contributed by atoms with Gasteiger partial charge in [0.2, 0.25) is 0 Å². The zero-order valence-electron chi connectivity index (χ0n) is 14.8. The molecule has 2 rings (SSSR count). The number of ether oxygens (including phenoxy) is 1. The summed E-state index contributed by atoms with van der Waals surface area (Å²) >= 11 is 0. The number of hydrogen-bond donors (Lipinski definition) is 0. The fraction of sp³-hybridized carbons (Fsp3) is 0.455. The van der Waals surface area contributed by atoms with Gasteiger partial charge in [-0.1, -0.05) is 75.1 Å². The van der Waals surface area contributed by atoms with Crippen molar-refractivity contribution in [2.75, 3.05) is 0 Å². The van der Waals surface area contributed by atoms with Crippen molar-refractivity contribution in [3.63, 3.8) is 0 Å². The lowest BCUT2D eigenvalue weighted by molar-refractivity contribution is 0.0961. The molecule has 0 atom stereocenters. The molecule has 0 amide bonds. The molecule has 2 aromatic rings. The van der Waals surface area contributed by atoms with E-state index in [1.807, 2.05) is 6.07 Å². The highest BCUT2D eigenvalue weighted by Gasteiger charge is 2.19. The maximum absolute atomic E-state index is 6.20. The van der Waals surface area contributed by atoms with Crippen LogP contribution >= 0.6 is 0 Å². The first-order valence-electron chi connectivity index (χ1n) is 8.95. The Morgan fingerprint density at radius 3 is 2.00 bits per heavy atom. The van der Waals surface area contributed by atoms with Crippen LogP contribution in [0.4, 0.5) is 0 Å². The summed E-state index contributed by atoms with van der Waals surface area (Å²) in [4.78, 5) is 0. The van der Waals surface area contributed by atoms with Crippen LogP contribution in [0.2, 0.25) is 0 Å². The van der Waals surface area contributed by atoms with Gasteiger partial charge in [0.15, 0.2) is 0 Å². The molecule has 23 heavy (non-hydrogen) atoms. The van der Waals surface area contributed by atoms with Crippen molar-refractivity contribution in [2.24, 2.45) is 0 Å². The van der Waals surface area contributed by atoms with E-state index in [1.165, 1.54) is 43.2 Å². The molecule has 0 saturated heterocycles. The van der Waals surface area contributed by atoms with E-state index in [4.69, 9.17) is 4.74 Å². The summed E-state index contributed by atoms with van der Waals surface area (Å²) in [6.07, 6.45) is 7.66. The molecule has 0 aliphatic rings. The number of hydrogen-bond acceptors (Lipinski definition) is 1. The highest BCUT2D eigenvalue weighted by molar-refractivity contribution is 5.63. The van der Waals surface area contributed by atoms with Crippen LogP contribution in [0, 0.1) is 0 Å². The largest absolute Gasteiger partial charge is 0.488 e. The second-order valence-corrected chi connectivity index (χ2v) is 6.92. The van der Waals surface area contributed by atoms with Crippen LogP contribution < -0.4 is 4.74 Å². The van der Waals surface area contributed by atoms with Gasteiger partial charge in [0, 0.05) is 0 Å². The molecule has 124 valence electrons. The van der Waals surface area contributed by atoms with Gasteiger partial charge in [-0.25, -0.2) is 0 Å². The number of rotatable bonds is 9. The minimum atomic E-state index is -0.0967. The standard InChI is InChI=1S/C22H30O/c1-4-5-6-7-11-18-22(2,3)23-21-16-14-20(15-17-21)19-12-9-8-10-13-19/h8-10,12-17H,4-7,11,18H2,1-3H3. The Labute approximate surface area is 141 Å². The van der Waals surface area contributed by atoms with Crippen LogP contribution in [-0.4, -0.2) is 5.60 Å². The summed E-state index contributed by atoms with van der Waals surface area (Å²) < 4.78 is 6.20. The Morgan fingerprint density at radius 1 is 0.739 bits per heavy atom. The normalized spacial score (nSPS) is 11.4. The molecule has 1 heteroatoms. The second-order valence-electron chi connectivity index (χ2n) is 6.92. The van der Waals surface area contributed by atoms with Gasteiger partial charge in [-0.15, -0.1) is 0 Å². The van der Waals surface area contributed by atoms with Crippen LogP contribution in [0.15, 0.2) is 54.6 Å². The van der Waals surface area contributed by atoms with E-state index in [-0.39, 0.29) is 5.60 Å². The summed E-state index contributed by atoms with van der Waals surface area (Å²) in [5, 5.41) is 0. The van der Waals surface area contributed by atoms with Gasteiger partial charge in [-0.3, -0.25) is 0 Å². The van der Waals surface area contributed by atoms with Crippen LogP contribution in [-0.2, 0) is 0 Å². The molecule has 1 nitrogen and oxygen atoms in total. The molecule has 0 bridgehead atoms. The molecular formula is C22H30O. The number of unbranched alkanes of at least 4 members (excludes halogenated alkanes) is 4. The molecule has 0 heterocycles. The maximum atomic E-state index is 6.20. The van der Waals surface area contributed by atoms with Crippen LogP contribution in [0.5, 0.6) is 5.75 Å². The lowest BCUT2D eigenvalue weighted by Gasteiger charge is -2.26. The molecule has 0 aromatic heterocycles. The minimum absolute atomic E-state index is 0.0967. The molecular weight excluding hydrogens is 280 g/mol. The first kappa shape index (κ1) is 17.6. The lowest BCUT2D eigenvalue weighted by atomic mass is 9.99. The van der Waals surface area contributed by atoms with Gasteiger partial charge >= 0.3 is 0 Å². The molecule has 0 aliphatic carbocycles. The van der Waals surface area contributed by atoms with Crippen molar-refractivity contribution in [3.8, 4) is 16.9 Å². The van der Waals surface area contributed by atoms with E-state index in [0.717, 1.165) is 12.2 Å². The summed E-state index contributed by atoms with van der Waals surface area (Å²) in [5.74, 6) is 0.961. The Kier molecular flexibility index (Phi) is 6.70. The minimum Gasteiger partial charge on any atom is -0.488 e. The van der Waals surface area contributed by atoms with Crippen molar-refractivity contribution in [1.82, 2.24) is 0 Å². The van der Waals surface area contributed by atoms with Gasteiger partial charge in [0.1, 0.15) is 11.4 Å². The molecule has 0 unspecified atom stereocenters. The summed E-state index contributed by atoms with van der Waals surface area (Å²) in [6, 6.07) is 18.9. The van der Waals surface area contributed by atoms with E-state index in [9.17, 15) is 0 Å². The van der Waals surface area contributed by atoms with Gasteiger partial charge in [-0.2, -0.15) is 0 Å². The van der Waals surface area contributed by atoms with Gasteiger partial charge in [0.25, 0.3) is 0 Å². The fourth-order valence-electron chi connectivity index (χ4n) is 2.87. The van der Waals surface area contributed by atoms with E-state index >= 15 is 0 Å². The van der Waals surface area contributed by atoms with Gasteiger partial charge in [-0.05, 0) is 49.9 Å². The third kappa shape index (κ3) is 6.09. The molecule has 0 fully saturated rings. The van der Waals surface area contributed by atoms with Crippen molar-refractivity contribution in [3.05, 3.63) is 54.6 Å². The summed E-state index contributed by atoms with van der Waals surface area (Å²) in [5.41, 5.74) is 2.38.